The number of aryl methyl sites for hydroxylation is 1. The van der Waals surface area contributed by atoms with E-state index in [0.29, 0.717) is 37.7 Å². The summed E-state index contributed by atoms with van der Waals surface area (Å²) in [7, 11) is 0. The van der Waals surface area contributed by atoms with Crippen LogP contribution in [0.4, 0.5) is 0 Å². The molecule has 1 atom stereocenters. The average molecular weight is 478 g/mol. The number of carbonyl (C=O) groups excluding carboxylic acids is 2. The van der Waals surface area contributed by atoms with E-state index in [1.807, 2.05) is 66.7 Å². The number of pyridine rings is 1. The van der Waals surface area contributed by atoms with E-state index in [0.717, 1.165) is 16.7 Å². The van der Waals surface area contributed by atoms with E-state index in [4.69, 9.17) is 16.3 Å². The van der Waals surface area contributed by atoms with Gasteiger partial charge in [0.15, 0.2) is 0 Å². The molecule has 3 aromatic rings. The summed E-state index contributed by atoms with van der Waals surface area (Å²) in [6.45, 7) is 1.66. The predicted octanol–water partition coefficient (Wildman–Crippen LogP) is 4.12. The van der Waals surface area contributed by atoms with Gasteiger partial charge in [0.2, 0.25) is 11.8 Å². The predicted molar refractivity (Wildman–Crippen MR) is 131 cm³/mol. The lowest BCUT2D eigenvalue weighted by Crippen LogP contribution is -2.39. The topological polar surface area (TPSA) is 62.7 Å². The van der Waals surface area contributed by atoms with E-state index in [1.165, 1.54) is 0 Å². The summed E-state index contributed by atoms with van der Waals surface area (Å²) >= 11 is 6.25. The van der Waals surface area contributed by atoms with Crippen molar-refractivity contribution in [1.29, 1.82) is 0 Å². The zero-order valence-corrected chi connectivity index (χ0v) is 19.7. The highest BCUT2D eigenvalue weighted by atomic mass is 35.5. The first kappa shape index (κ1) is 23.9. The average Bonchev–Trinajstić information content (AvgIpc) is 3.02. The summed E-state index contributed by atoms with van der Waals surface area (Å²) < 4.78 is 6.20. The van der Waals surface area contributed by atoms with Crippen molar-refractivity contribution in [3.63, 3.8) is 0 Å². The lowest BCUT2D eigenvalue weighted by atomic mass is 10.1. The third kappa shape index (κ3) is 6.65. The fraction of sp³-hybridized carbons (Fsp3) is 0.296. The quantitative estimate of drug-likeness (QED) is 0.489. The molecule has 2 amide bonds. The van der Waals surface area contributed by atoms with Crippen molar-refractivity contribution in [1.82, 2.24) is 14.8 Å². The Morgan fingerprint density at radius 1 is 1.00 bits per heavy atom. The molecule has 0 saturated carbocycles. The molecule has 34 heavy (non-hydrogen) atoms. The van der Waals surface area contributed by atoms with Crippen molar-refractivity contribution in [3.8, 4) is 0 Å². The van der Waals surface area contributed by atoms with Gasteiger partial charge in [0, 0.05) is 43.5 Å². The van der Waals surface area contributed by atoms with Gasteiger partial charge in [-0.25, -0.2) is 0 Å². The van der Waals surface area contributed by atoms with Crippen LogP contribution in [0.1, 0.15) is 23.1 Å². The standard InChI is InChI=1S/C27H28ClN3O3/c28-25-11-5-4-10-23(25)12-13-26(32)31-18-24(34-20-21-7-2-1-3-8-21)17-30(27(33)19-31)16-22-9-6-14-29-15-22/h1-11,14-15,24H,12-13,16-20H2/t24-/m0/s1. The molecule has 1 aliphatic heterocycles. The van der Waals surface area contributed by atoms with Crippen LogP contribution in [-0.4, -0.2) is 52.3 Å². The smallest absolute Gasteiger partial charge is 0.242 e. The second-order valence-corrected chi connectivity index (χ2v) is 8.83. The van der Waals surface area contributed by atoms with E-state index in [2.05, 4.69) is 4.98 Å². The molecule has 2 heterocycles. The number of hydrogen-bond donors (Lipinski definition) is 0. The van der Waals surface area contributed by atoms with E-state index in [1.54, 1.807) is 22.2 Å². The largest absolute Gasteiger partial charge is 0.370 e. The molecular weight excluding hydrogens is 450 g/mol. The van der Waals surface area contributed by atoms with Gasteiger partial charge >= 0.3 is 0 Å². The molecule has 1 aromatic heterocycles. The van der Waals surface area contributed by atoms with Gasteiger partial charge in [-0.3, -0.25) is 14.6 Å². The number of nitrogens with zero attached hydrogens (tertiary/aromatic N) is 3. The Bertz CT molecular complexity index is 1090. The Hall–Kier alpha value is -3.22. The molecule has 0 aliphatic carbocycles. The number of amides is 2. The van der Waals surface area contributed by atoms with Crippen molar-refractivity contribution in [2.75, 3.05) is 19.6 Å². The van der Waals surface area contributed by atoms with E-state index in [-0.39, 0.29) is 30.9 Å². The van der Waals surface area contributed by atoms with Crippen molar-refractivity contribution >= 4 is 23.4 Å². The summed E-state index contributed by atoms with van der Waals surface area (Å²) in [5.74, 6) is -0.175. The van der Waals surface area contributed by atoms with Crippen LogP contribution in [-0.2, 0) is 33.9 Å². The molecule has 0 bridgehead atoms. The highest BCUT2D eigenvalue weighted by Gasteiger charge is 2.31. The Labute approximate surface area is 205 Å². The Kier molecular flexibility index (Phi) is 8.28. The second-order valence-electron chi connectivity index (χ2n) is 8.42. The molecule has 4 rings (SSSR count). The third-order valence-electron chi connectivity index (χ3n) is 5.87. The molecule has 0 spiro atoms. The SMILES string of the molecule is O=C(CCc1ccccc1Cl)N1CC(=O)N(Cc2cccnc2)C[C@H](OCc2ccccc2)C1. The summed E-state index contributed by atoms with van der Waals surface area (Å²) in [6.07, 6.45) is 3.97. The molecule has 176 valence electrons. The third-order valence-corrected chi connectivity index (χ3v) is 6.24. The van der Waals surface area contributed by atoms with Crippen LogP contribution in [0.5, 0.6) is 0 Å². The first-order chi connectivity index (χ1) is 16.6. The van der Waals surface area contributed by atoms with Crippen LogP contribution >= 0.6 is 11.6 Å². The Morgan fingerprint density at radius 2 is 1.76 bits per heavy atom. The second kappa shape index (κ2) is 11.8. The molecule has 1 fully saturated rings. The molecule has 7 heteroatoms. The summed E-state index contributed by atoms with van der Waals surface area (Å²) in [5.41, 5.74) is 2.92. The van der Waals surface area contributed by atoms with Crippen LogP contribution in [0.2, 0.25) is 5.02 Å². The number of hydrogen-bond acceptors (Lipinski definition) is 4. The lowest BCUT2D eigenvalue weighted by Gasteiger charge is -2.25. The number of halogens is 1. The minimum Gasteiger partial charge on any atom is -0.370 e. The van der Waals surface area contributed by atoms with E-state index >= 15 is 0 Å². The number of aromatic nitrogens is 1. The maximum atomic E-state index is 13.1. The van der Waals surface area contributed by atoms with E-state index < -0.39 is 0 Å². The van der Waals surface area contributed by atoms with Crippen LogP contribution in [0, 0.1) is 0 Å². The zero-order chi connectivity index (χ0) is 23.8. The van der Waals surface area contributed by atoms with Gasteiger partial charge in [0.05, 0.1) is 19.3 Å². The van der Waals surface area contributed by atoms with Gasteiger partial charge in [0.1, 0.15) is 0 Å². The Balaban J connectivity index is 1.46. The molecule has 1 aliphatic rings. The first-order valence-electron chi connectivity index (χ1n) is 11.4. The first-order valence-corrected chi connectivity index (χ1v) is 11.8. The maximum Gasteiger partial charge on any atom is 0.242 e. The molecule has 0 radical (unpaired) electrons. The minimum absolute atomic E-state index is 0.0345. The Morgan fingerprint density at radius 3 is 2.53 bits per heavy atom. The summed E-state index contributed by atoms with van der Waals surface area (Å²) in [4.78, 5) is 33.8. The summed E-state index contributed by atoms with van der Waals surface area (Å²) in [6, 6.07) is 21.2. The van der Waals surface area contributed by atoms with Gasteiger partial charge in [-0.1, -0.05) is 66.2 Å². The minimum atomic E-state index is -0.299. The highest BCUT2D eigenvalue weighted by Crippen LogP contribution is 2.19. The van der Waals surface area contributed by atoms with E-state index in [9.17, 15) is 9.59 Å². The van der Waals surface area contributed by atoms with Crippen LogP contribution in [0.3, 0.4) is 0 Å². The van der Waals surface area contributed by atoms with Gasteiger partial charge < -0.3 is 14.5 Å². The zero-order valence-electron chi connectivity index (χ0n) is 19.0. The van der Waals surface area contributed by atoms with Crippen LogP contribution < -0.4 is 0 Å². The van der Waals surface area contributed by atoms with Gasteiger partial charge in [0.25, 0.3) is 0 Å². The lowest BCUT2D eigenvalue weighted by molar-refractivity contribution is -0.139. The van der Waals surface area contributed by atoms with Crippen molar-refractivity contribution in [2.24, 2.45) is 0 Å². The molecule has 0 N–H and O–H groups in total. The van der Waals surface area contributed by atoms with Crippen molar-refractivity contribution in [2.45, 2.75) is 32.1 Å². The normalized spacial score (nSPS) is 16.4. The van der Waals surface area contributed by atoms with Crippen molar-refractivity contribution in [3.05, 3.63) is 101 Å². The molecular formula is C27H28ClN3O3. The van der Waals surface area contributed by atoms with Gasteiger partial charge in [-0.05, 0) is 35.2 Å². The fourth-order valence-corrected chi connectivity index (χ4v) is 4.26. The number of benzene rings is 2. The molecule has 2 aromatic carbocycles. The molecule has 6 nitrogen and oxygen atoms in total. The van der Waals surface area contributed by atoms with Gasteiger partial charge in [-0.15, -0.1) is 0 Å². The number of ether oxygens (including phenoxy) is 1. The number of carbonyl (C=O) groups is 2. The van der Waals surface area contributed by atoms with Crippen molar-refractivity contribution < 1.29 is 14.3 Å². The van der Waals surface area contributed by atoms with Crippen LogP contribution in [0.15, 0.2) is 79.1 Å². The van der Waals surface area contributed by atoms with Gasteiger partial charge in [-0.2, -0.15) is 0 Å². The number of rotatable bonds is 8. The highest BCUT2D eigenvalue weighted by molar-refractivity contribution is 6.31. The molecule has 0 unspecified atom stereocenters. The molecule has 1 saturated heterocycles. The van der Waals surface area contributed by atoms with Crippen LogP contribution in [0.25, 0.3) is 0 Å². The fourth-order valence-electron chi connectivity index (χ4n) is 4.03. The summed E-state index contributed by atoms with van der Waals surface area (Å²) in [5, 5.41) is 0.647. The monoisotopic (exact) mass is 477 g/mol. The maximum absolute atomic E-state index is 13.1.